The number of anilines is 1. The molecule has 1 aromatic rings. The van der Waals surface area contributed by atoms with Gasteiger partial charge < -0.3 is 10.6 Å². The number of carbonyl (C=O) groups excluding carboxylic acids is 1. The van der Waals surface area contributed by atoms with E-state index in [4.69, 9.17) is 0 Å². The van der Waals surface area contributed by atoms with Crippen molar-refractivity contribution in [3.8, 4) is 0 Å². The largest absolute Gasteiger partial charge is 0.376 e. The lowest BCUT2D eigenvalue weighted by atomic mass is 10.1. The Kier molecular flexibility index (Phi) is 4.75. The maximum atomic E-state index is 11.7. The molecular weight excluding hydrogens is 248 g/mol. The fraction of sp³-hybridized carbons (Fsp3) is 0.462. The summed E-state index contributed by atoms with van der Waals surface area (Å²) in [5.74, 6) is 1.41. The number of benzene rings is 1. The van der Waals surface area contributed by atoms with Crippen molar-refractivity contribution in [2.45, 2.75) is 18.9 Å². The summed E-state index contributed by atoms with van der Waals surface area (Å²) in [5, 5.41) is 6.04. The van der Waals surface area contributed by atoms with Gasteiger partial charge in [-0.15, -0.1) is 0 Å². The van der Waals surface area contributed by atoms with Crippen molar-refractivity contribution >= 4 is 22.4 Å². The number of nitrogens with one attached hydrogen (secondary N) is 2. The highest BCUT2D eigenvalue weighted by molar-refractivity contribution is 7.85. The molecule has 1 aromatic carbocycles. The Balaban J connectivity index is 1.71. The molecule has 2 N–H and O–H groups in total. The lowest BCUT2D eigenvalue weighted by molar-refractivity contribution is -0.120. The molecule has 1 aliphatic heterocycles. The van der Waals surface area contributed by atoms with Crippen LogP contribution in [0.2, 0.25) is 0 Å². The smallest absolute Gasteiger partial charge is 0.239 e. The average molecular weight is 266 g/mol. The quantitative estimate of drug-likeness (QED) is 0.859. The van der Waals surface area contributed by atoms with Crippen LogP contribution in [0.4, 0.5) is 5.69 Å². The Bertz CT molecular complexity index is 412. The van der Waals surface area contributed by atoms with Gasteiger partial charge in [-0.2, -0.15) is 0 Å². The van der Waals surface area contributed by atoms with Crippen LogP contribution in [0.1, 0.15) is 12.8 Å². The lowest BCUT2D eigenvalue weighted by Gasteiger charge is -2.22. The van der Waals surface area contributed by atoms with Crippen LogP contribution >= 0.6 is 0 Å². The zero-order valence-electron chi connectivity index (χ0n) is 10.2. The Labute approximate surface area is 110 Å². The first-order chi connectivity index (χ1) is 8.74. The fourth-order valence-corrected chi connectivity index (χ4v) is 3.25. The van der Waals surface area contributed by atoms with Crippen LogP contribution in [0.25, 0.3) is 0 Å². The number of para-hydroxylation sites is 1. The lowest BCUT2D eigenvalue weighted by Crippen LogP contribution is -2.42. The SMILES string of the molecule is O=C(CNc1ccccc1)NC1CCS(=O)CC1. The molecule has 0 saturated carbocycles. The zero-order valence-corrected chi connectivity index (χ0v) is 11.0. The standard InChI is InChI=1S/C13H18N2O2S/c16-13(10-14-11-4-2-1-3-5-11)15-12-6-8-18(17)9-7-12/h1-5,12,14H,6-10H2,(H,15,16). The van der Waals surface area contributed by atoms with E-state index < -0.39 is 10.8 Å². The summed E-state index contributed by atoms with van der Waals surface area (Å²) in [7, 11) is -0.676. The molecule has 18 heavy (non-hydrogen) atoms. The molecule has 98 valence electrons. The summed E-state index contributed by atoms with van der Waals surface area (Å²) in [6, 6.07) is 9.84. The molecule has 0 spiro atoms. The molecule has 1 heterocycles. The van der Waals surface area contributed by atoms with Crippen molar-refractivity contribution in [3.05, 3.63) is 30.3 Å². The van der Waals surface area contributed by atoms with Crippen LogP contribution in [0.15, 0.2) is 30.3 Å². The second-order valence-corrected chi connectivity index (χ2v) is 6.11. The van der Waals surface area contributed by atoms with E-state index >= 15 is 0 Å². The van der Waals surface area contributed by atoms with E-state index in [1.54, 1.807) is 0 Å². The van der Waals surface area contributed by atoms with Crippen molar-refractivity contribution in [2.75, 3.05) is 23.4 Å². The molecule has 0 bridgehead atoms. The summed E-state index contributed by atoms with van der Waals surface area (Å²) in [4.78, 5) is 11.7. The minimum atomic E-state index is -0.676. The molecule has 0 unspecified atom stereocenters. The van der Waals surface area contributed by atoms with E-state index in [9.17, 15) is 9.00 Å². The minimum absolute atomic E-state index is 0.00321. The number of carbonyl (C=O) groups is 1. The van der Waals surface area contributed by atoms with Crippen molar-refractivity contribution in [1.82, 2.24) is 5.32 Å². The Morgan fingerprint density at radius 2 is 1.89 bits per heavy atom. The highest BCUT2D eigenvalue weighted by Gasteiger charge is 2.19. The number of hydrogen-bond donors (Lipinski definition) is 2. The third-order valence-electron chi connectivity index (χ3n) is 2.98. The predicted molar refractivity (Wildman–Crippen MR) is 74.0 cm³/mol. The molecule has 1 amide bonds. The summed E-state index contributed by atoms with van der Waals surface area (Å²) in [5.41, 5.74) is 0.942. The van der Waals surface area contributed by atoms with Crippen molar-refractivity contribution in [2.24, 2.45) is 0 Å². The van der Waals surface area contributed by atoms with Gasteiger partial charge in [-0.05, 0) is 25.0 Å². The molecule has 0 aromatic heterocycles. The summed E-state index contributed by atoms with van der Waals surface area (Å²) in [6.45, 7) is 0.281. The fourth-order valence-electron chi connectivity index (χ4n) is 1.96. The van der Waals surface area contributed by atoms with Gasteiger partial charge in [-0.1, -0.05) is 18.2 Å². The first-order valence-electron chi connectivity index (χ1n) is 6.17. The summed E-state index contributed by atoms with van der Waals surface area (Å²) < 4.78 is 11.2. The molecule has 5 heteroatoms. The van der Waals surface area contributed by atoms with Gasteiger partial charge in [0, 0.05) is 34.0 Å². The number of rotatable bonds is 4. The van der Waals surface area contributed by atoms with Gasteiger partial charge in [0.2, 0.25) is 5.91 Å². The van der Waals surface area contributed by atoms with E-state index in [0.717, 1.165) is 18.5 Å². The van der Waals surface area contributed by atoms with Gasteiger partial charge >= 0.3 is 0 Å². The van der Waals surface area contributed by atoms with E-state index in [1.165, 1.54) is 0 Å². The van der Waals surface area contributed by atoms with Gasteiger partial charge in [0.05, 0.1) is 6.54 Å². The van der Waals surface area contributed by atoms with Gasteiger partial charge in [-0.3, -0.25) is 9.00 Å². The summed E-state index contributed by atoms with van der Waals surface area (Å²) in [6.07, 6.45) is 1.65. The summed E-state index contributed by atoms with van der Waals surface area (Å²) >= 11 is 0. The monoisotopic (exact) mass is 266 g/mol. The van der Waals surface area contributed by atoms with Gasteiger partial charge in [0.1, 0.15) is 0 Å². The van der Waals surface area contributed by atoms with Crippen LogP contribution in [0, 0.1) is 0 Å². The Hall–Kier alpha value is -1.36. The third kappa shape index (κ3) is 4.14. The van der Waals surface area contributed by atoms with Crippen molar-refractivity contribution in [1.29, 1.82) is 0 Å². The number of hydrogen-bond acceptors (Lipinski definition) is 3. The van der Waals surface area contributed by atoms with Crippen molar-refractivity contribution in [3.63, 3.8) is 0 Å². The highest BCUT2D eigenvalue weighted by atomic mass is 32.2. The zero-order chi connectivity index (χ0) is 12.8. The van der Waals surface area contributed by atoms with E-state index in [1.807, 2.05) is 30.3 Å². The highest BCUT2D eigenvalue weighted by Crippen LogP contribution is 2.09. The molecule has 0 radical (unpaired) electrons. The van der Waals surface area contributed by atoms with Crippen LogP contribution in [0.5, 0.6) is 0 Å². The normalized spacial score (nSPS) is 23.3. The molecule has 0 aliphatic carbocycles. The van der Waals surface area contributed by atoms with E-state index in [0.29, 0.717) is 11.5 Å². The molecule has 0 atom stereocenters. The first-order valence-corrected chi connectivity index (χ1v) is 7.66. The minimum Gasteiger partial charge on any atom is -0.376 e. The van der Waals surface area contributed by atoms with Crippen LogP contribution in [-0.4, -0.2) is 34.2 Å². The molecule has 4 nitrogen and oxygen atoms in total. The van der Waals surface area contributed by atoms with Gasteiger partial charge in [-0.25, -0.2) is 0 Å². The average Bonchev–Trinajstić information content (AvgIpc) is 2.40. The van der Waals surface area contributed by atoms with E-state index in [2.05, 4.69) is 10.6 Å². The second-order valence-electron chi connectivity index (χ2n) is 4.41. The van der Waals surface area contributed by atoms with Crippen molar-refractivity contribution < 1.29 is 9.00 Å². The maximum absolute atomic E-state index is 11.7. The van der Waals surface area contributed by atoms with Gasteiger partial charge in [0.15, 0.2) is 0 Å². The van der Waals surface area contributed by atoms with Crippen LogP contribution < -0.4 is 10.6 Å². The Morgan fingerprint density at radius 1 is 1.22 bits per heavy atom. The predicted octanol–water partition coefficient (Wildman–Crippen LogP) is 1.13. The second kappa shape index (κ2) is 6.54. The first kappa shape index (κ1) is 13.1. The maximum Gasteiger partial charge on any atom is 0.239 e. The Morgan fingerprint density at radius 3 is 2.56 bits per heavy atom. The van der Waals surface area contributed by atoms with E-state index in [-0.39, 0.29) is 18.5 Å². The molecule has 1 fully saturated rings. The van der Waals surface area contributed by atoms with Gasteiger partial charge in [0.25, 0.3) is 0 Å². The molecule has 1 saturated heterocycles. The molecule has 1 aliphatic rings. The van der Waals surface area contributed by atoms with Crippen LogP contribution in [-0.2, 0) is 15.6 Å². The molecular formula is C13H18N2O2S. The number of amides is 1. The topological polar surface area (TPSA) is 58.2 Å². The molecule has 2 rings (SSSR count). The third-order valence-corrected chi connectivity index (χ3v) is 4.36. The van der Waals surface area contributed by atoms with Crippen LogP contribution in [0.3, 0.4) is 0 Å².